The molecule has 0 bridgehead atoms. The van der Waals surface area contributed by atoms with Gasteiger partial charge in [0.1, 0.15) is 23.0 Å². The molecule has 1 N–H and O–H groups in total. The molecule has 0 amide bonds. The Labute approximate surface area is 216 Å². The van der Waals surface area contributed by atoms with Crippen LogP contribution in [-0.4, -0.2) is 87.1 Å². The highest BCUT2D eigenvalue weighted by atomic mass is 19.3. The van der Waals surface area contributed by atoms with Gasteiger partial charge in [-0.05, 0) is 37.1 Å². The van der Waals surface area contributed by atoms with Crippen LogP contribution in [0.3, 0.4) is 0 Å². The Morgan fingerprint density at radius 1 is 1.29 bits per heavy atom. The number of halogens is 4. The molecule has 0 aliphatic carbocycles. The van der Waals surface area contributed by atoms with Crippen molar-refractivity contribution >= 4 is 22.5 Å². The third-order valence-electron chi connectivity index (χ3n) is 7.14. The summed E-state index contributed by atoms with van der Waals surface area (Å²) in [5.41, 5.74) is 1.65. The van der Waals surface area contributed by atoms with Crippen molar-refractivity contribution in [2.75, 3.05) is 38.7 Å². The van der Waals surface area contributed by atoms with Crippen molar-refractivity contribution in [1.82, 2.24) is 29.0 Å². The minimum atomic E-state index is -2.63. The summed E-state index contributed by atoms with van der Waals surface area (Å²) in [7, 11) is 1.43. The number of alkyl halides is 3. The van der Waals surface area contributed by atoms with Crippen molar-refractivity contribution in [1.29, 1.82) is 0 Å². The van der Waals surface area contributed by atoms with Crippen LogP contribution in [-0.2, 0) is 11.3 Å². The molecule has 0 radical (unpaired) electrons. The van der Waals surface area contributed by atoms with Crippen LogP contribution >= 0.6 is 0 Å². The number of rotatable bonds is 7. The molecule has 9 nitrogen and oxygen atoms in total. The van der Waals surface area contributed by atoms with Crippen molar-refractivity contribution in [2.45, 2.75) is 44.5 Å². The van der Waals surface area contributed by atoms with E-state index < -0.39 is 37.0 Å². The summed E-state index contributed by atoms with van der Waals surface area (Å²) in [6.07, 6.45) is -1.78. The van der Waals surface area contributed by atoms with Crippen LogP contribution in [0.1, 0.15) is 13.6 Å². The van der Waals surface area contributed by atoms with Crippen molar-refractivity contribution in [3.8, 4) is 17.0 Å². The third-order valence-corrected chi connectivity index (χ3v) is 7.14. The first kappa shape index (κ1) is 23.7. The van der Waals surface area contributed by atoms with E-state index in [0.29, 0.717) is 29.6 Å². The molecule has 2 aliphatic heterocycles. The predicted octanol–water partition coefficient (Wildman–Crippen LogP) is 3.69. The van der Waals surface area contributed by atoms with Crippen molar-refractivity contribution in [3.63, 3.8) is 0 Å². The first-order chi connectivity index (χ1) is 18.7. The number of anilines is 1. The van der Waals surface area contributed by atoms with E-state index in [1.54, 1.807) is 30.2 Å². The SMILES string of the molecule is [2H]C1(N2CC[C@@H](Nc3nc(OC)c4c(-c5cc(F)c6nc(C)n(CC(F)F)c6c5)ccn4n3)[C@@H](F)C2)COC1. The molecule has 2 saturated heterocycles. The lowest BCUT2D eigenvalue weighted by molar-refractivity contribution is -0.0794. The van der Waals surface area contributed by atoms with E-state index in [9.17, 15) is 8.78 Å². The minimum absolute atomic E-state index is 0.0168. The molecule has 0 unspecified atom stereocenters. The van der Waals surface area contributed by atoms with Gasteiger partial charge in [0, 0.05) is 24.8 Å². The fraction of sp³-hybridized carbons (Fsp3) is 0.480. The van der Waals surface area contributed by atoms with E-state index in [2.05, 4.69) is 20.4 Å². The number of hydrogen-bond acceptors (Lipinski definition) is 7. The van der Waals surface area contributed by atoms with Crippen LogP contribution in [0.5, 0.6) is 5.88 Å². The van der Waals surface area contributed by atoms with Gasteiger partial charge in [0.15, 0.2) is 5.82 Å². The monoisotopic (exact) mass is 534 g/mol. The number of nitrogens with one attached hydrogen (secondary N) is 1. The lowest BCUT2D eigenvalue weighted by Crippen LogP contribution is -2.57. The van der Waals surface area contributed by atoms with Gasteiger partial charge >= 0.3 is 0 Å². The zero-order valence-corrected chi connectivity index (χ0v) is 20.8. The Morgan fingerprint density at radius 2 is 2.11 bits per heavy atom. The van der Waals surface area contributed by atoms with E-state index >= 15 is 8.78 Å². The average Bonchev–Trinajstić information content (AvgIpc) is 3.44. The Hall–Kier alpha value is -3.45. The van der Waals surface area contributed by atoms with Crippen LogP contribution < -0.4 is 10.1 Å². The van der Waals surface area contributed by atoms with Gasteiger partial charge in [-0.1, -0.05) is 0 Å². The topological polar surface area (TPSA) is 81.7 Å². The van der Waals surface area contributed by atoms with Gasteiger partial charge in [0.05, 0.1) is 45.8 Å². The first-order valence-corrected chi connectivity index (χ1v) is 12.3. The van der Waals surface area contributed by atoms with E-state index in [-0.39, 0.29) is 48.4 Å². The molecule has 2 atom stereocenters. The molecule has 13 heteroatoms. The highest BCUT2D eigenvalue weighted by Crippen LogP contribution is 2.35. The average molecular weight is 535 g/mol. The van der Waals surface area contributed by atoms with Crippen LogP contribution in [0.15, 0.2) is 24.4 Å². The summed E-state index contributed by atoms with van der Waals surface area (Å²) in [5, 5.41) is 7.52. The molecule has 1 aromatic carbocycles. The highest BCUT2D eigenvalue weighted by Gasteiger charge is 2.35. The Balaban J connectivity index is 1.31. The Morgan fingerprint density at radius 3 is 2.79 bits per heavy atom. The number of likely N-dealkylation sites (tertiary alicyclic amines) is 1. The van der Waals surface area contributed by atoms with Gasteiger partial charge < -0.3 is 19.4 Å². The maximum Gasteiger partial charge on any atom is 0.256 e. The molecule has 4 aromatic rings. The second kappa shape index (κ2) is 9.70. The van der Waals surface area contributed by atoms with E-state index in [0.717, 1.165) is 0 Å². The number of imidazole rings is 1. The van der Waals surface area contributed by atoms with Crippen molar-refractivity contribution in [3.05, 3.63) is 36.0 Å². The quantitative estimate of drug-likeness (QED) is 0.362. The molecule has 6 rings (SSSR count). The summed E-state index contributed by atoms with van der Waals surface area (Å²) in [5.74, 6) is -0.0210. The molecule has 0 spiro atoms. The zero-order valence-electron chi connectivity index (χ0n) is 21.8. The number of nitrogens with zero attached hydrogens (tertiary/aromatic N) is 6. The summed E-state index contributed by atoms with van der Waals surface area (Å²) in [4.78, 5) is 10.4. The van der Waals surface area contributed by atoms with Gasteiger partial charge in [0.2, 0.25) is 11.8 Å². The van der Waals surface area contributed by atoms with E-state index in [4.69, 9.17) is 10.8 Å². The minimum Gasteiger partial charge on any atom is -0.479 e. The number of aromatic nitrogens is 5. The Kier molecular flexibility index (Phi) is 6.03. The maximum atomic E-state index is 15.1. The smallest absolute Gasteiger partial charge is 0.256 e. The Bertz CT molecular complexity index is 1540. The van der Waals surface area contributed by atoms with E-state index in [1.165, 1.54) is 22.3 Å². The fourth-order valence-corrected chi connectivity index (χ4v) is 5.15. The molecule has 5 heterocycles. The largest absolute Gasteiger partial charge is 0.479 e. The second-order valence-electron chi connectivity index (χ2n) is 9.51. The number of aryl methyl sites for hydroxylation is 1. The fourth-order valence-electron chi connectivity index (χ4n) is 5.15. The predicted molar refractivity (Wildman–Crippen MR) is 132 cm³/mol. The van der Waals surface area contributed by atoms with Crippen LogP contribution in [0.2, 0.25) is 0 Å². The van der Waals surface area contributed by atoms with Crippen LogP contribution in [0.25, 0.3) is 27.7 Å². The normalized spacial score (nSPS) is 22.1. The molecule has 0 saturated carbocycles. The third kappa shape index (κ3) is 4.33. The first-order valence-electron chi connectivity index (χ1n) is 12.8. The molecule has 2 aliphatic rings. The van der Waals surface area contributed by atoms with E-state index in [1.807, 2.05) is 0 Å². The molecule has 202 valence electrons. The van der Waals surface area contributed by atoms with Gasteiger partial charge in [-0.2, -0.15) is 4.98 Å². The van der Waals surface area contributed by atoms with Crippen LogP contribution in [0, 0.1) is 12.7 Å². The lowest BCUT2D eigenvalue weighted by atomic mass is 10.0. The van der Waals surface area contributed by atoms with Gasteiger partial charge in [0.25, 0.3) is 6.43 Å². The highest BCUT2D eigenvalue weighted by molar-refractivity contribution is 5.90. The van der Waals surface area contributed by atoms with Gasteiger partial charge in [-0.25, -0.2) is 27.1 Å². The summed E-state index contributed by atoms with van der Waals surface area (Å²) < 4.78 is 78.3. The lowest BCUT2D eigenvalue weighted by Gasteiger charge is -2.42. The zero-order chi connectivity index (χ0) is 27.5. The van der Waals surface area contributed by atoms with Crippen molar-refractivity contribution in [2.24, 2.45) is 0 Å². The van der Waals surface area contributed by atoms with Crippen molar-refractivity contribution < 1.29 is 28.4 Å². The summed E-state index contributed by atoms with van der Waals surface area (Å²) >= 11 is 0. The molecular formula is C25H27F4N7O2. The standard InChI is InChI=1S/C25H27F4N7O2/c1-13-30-22-17(26)7-14(8-20(22)35(13)10-21(28)29)16-3-6-36-23(16)24(37-2)32-25(33-36)31-19-4-5-34(9-18(19)27)15-11-38-12-15/h3,6-8,15,18-19,21H,4-5,9-12H2,1-2H3,(H,31,33)/t18-,19+/m0/s1/i15D. The number of ether oxygens (including phenoxy) is 2. The summed E-state index contributed by atoms with van der Waals surface area (Å²) in [6, 6.07) is 3.17. The molecule has 2 fully saturated rings. The summed E-state index contributed by atoms with van der Waals surface area (Å²) in [6.45, 7) is 2.14. The number of hydrogen-bond donors (Lipinski definition) is 1. The second-order valence-corrected chi connectivity index (χ2v) is 9.51. The molecular weight excluding hydrogens is 506 g/mol. The molecule has 3 aromatic heterocycles. The number of benzene rings is 1. The number of fused-ring (bicyclic) bond motifs is 2. The maximum absolute atomic E-state index is 15.1. The van der Waals surface area contributed by atoms with Gasteiger partial charge in [-0.15, -0.1) is 5.10 Å². The number of methoxy groups -OCH3 is 1. The van der Waals surface area contributed by atoms with Gasteiger partial charge in [-0.3, -0.25) is 4.90 Å². The van der Waals surface area contributed by atoms with Crippen LogP contribution in [0.4, 0.5) is 23.5 Å². The number of piperidine rings is 1. The molecule has 38 heavy (non-hydrogen) atoms.